The van der Waals surface area contributed by atoms with Gasteiger partial charge in [0.15, 0.2) is 17.4 Å². The van der Waals surface area contributed by atoms with Gasteiger partial charge in [0, 0.05) is 18.0 Å². The van der Waals surface area contributed by atoms with Crippen molar-refractivity contribution in [1.82, 2.24) is 24.7 Å². The standard InChI is InChI=1S/C13H11FN6O/c1-21-10-4-3-8(7-9(10)14)11-17-12(15)19-13(18-11)20-6-2-5-16-20/h2-7H,1H3,(H2,15,17,18,19). The number of benzene rings is 1. The predicted octanol–water partition coefficient (Wildman–Crippen LogP) is 1.45. The van der Waals surface area contributed by atoms with Crippen LogP contribution in [0.5, 0.6) is 5.75 Å². The molecule has 0 aliphatic heterocycles. The van der Waals surface area contributed by atoms with Gasteiger partial charge >= 0.3 is 0 Å². The molecular weight excluding hydrogens is 275 g/mol. The summed E-state index contributed by atoms with van der Waals surface area (Å²) in [6.45, 7) is 0. The highest BCUT2D eigenvalue weighted by atomic mass is 19.1. The Morgan fingerprint density at radius 3 is 2.76 bits per heavy atom. The van der Waals surface area contributed by atoms with Crippen molar-refractivity contribution in [1.29, 1.82) is 0 Å². The number of nitrogens with zero attached hydrogens (tertiary/aromatic N) is 5. The molecule has 0 spiro atoms. The van der Waals surface area contributed by atoms with Crippen LogP contribution in [-0.4, -0.2) is 31.8 Å². The molecule has 0 bridgehead atoms. The molecule has 1 aromatic carbocycles. The van der Waals surface area contributed by atoms with Gasteiger partial charge < -0.3 is 10.5 Å². The van der Waals surface area contributed by atoms with E-state index in [9.17, 15) is 4.39 Å². The second kappa shape index (κ2) is 5.16. The molecule has 106 valence electrons. The highest BCUT2D eigenvalue weighted by molar-refractivity contribution is 5.58. The second-order valence-corrected chi connectivity index (χ2v) is 4.12. The first-order chi connectivity index (χ1) is 10.2. The molecule has 0 atom stereocenters. The minimum Gasteiger partial charge on any atom is -0.494 e. The van der Waals surface area contributed by atoms with Gasteiger partial charge in [0.05, 0.1) is 7.11 Å². The summed E-state index contributed by atoms with van der Waals surface area (Å²) < 4.78 is 20.1. The van der Waals surface area contributed by atoms with E-state index in [4.69, 9.17) is 10.5 Å². The van der Waals surface area contributed by atoms with Crippen molar-refractivity contribution in [3.05, 3.63) is 42.5 Å². The molecule has 8 heteroatoms. The lowest BCUT2D eigenvalue weighted by atomic mass is 10.2. The van der Waals surface area contributed by atoms with Gasteiger partial charge in [0.25, 0.3) is 5.95 Å². The molecule has 0 aliphatic carbocycles. The fourth-order valence-corrected chi connectivity index (χ4v) is 1.80. The molecule has 21 heavy (non-hydrogen) atoms. The maximum Gasteiger partial charge on any atom is 0.255 e. The molecular formula is C13H11FN6O. The first-order valence-electron chi connectivity index (χ1n) is 6.03. The summed E-state index contributed by atoms with van der Waals surface area (Å²) in [7, 11) is 1.40. The summed E-state index contributed by atoms with van der Waals surface area (Å²) in [5, 5.41) is 4.02. The Morgan fingerprint density at radius 2 is 2.10 bits per heavy atom. The quantitative estimate of drug-likeness (QED) is 0.783. The van der Waals surface area contributed by atoms with Crippen LogP contribution in [0.2, 0.25) is 0 Å². The maximum absolute atomic E-state index is 13.8. The minimum atomic E-state index is -0.505. The zero-order chi connectivity index (χ0) is 14.8. The van der Waals surface area contributed by atoms with Crippen LogP contribution in [0.3, 0.4) is 0 Å². The molecule has 0 saturated carbocycles. The molecule has 2 N–H and O–H groups in total. The predicted molar refractivity (Wildman–Crippen MR) is 73.3 cm³/mol. The monoisotopic (exact) mass is 286 g/mol. The molecule has 3 rings (SSSR count). The van der Waals surface area contributed by atoms with Crippen LogP contribution < -0.4 is 10.5 Å². The van der Waals surface area contributed by atoms with Crippen LogP contribution in [0.25, 0.3) is 17.3 Å². The third-order valence-electron chi connectivity index (χ3n) is 2.76. The average molecular weight is 286 g/mol. The summed E-state index contributed by atoms with van der Waals surface area (Å²) in [5.41, 5.74) is 6.14. The molecule has 0 saturated heterocycles. The first kappa shape index (κ1) is 13.0. The number of hydrogen-bond donors (Lipinski definition) is 1. The normalized spacial score (nSPS) is 10.6. The molecule has 0 amide bonds. The molecule has 2 heterocycles. The van der Waals surface area contributed by atoms with Crippen molar-refractivity contribution in [2.24, 2.45) is 0 Å². The number of ether oxygens (including phenoxy) is 1. The lowest BCUT2D eigenvalue weighted by molar-refractivity contribution is 0.386. The van der Waals surface area contributed by atoms with E-state index in [1.165, 1.54) is 23.9 Å². The average Bonchev–Trinajstić information content (AvgIpc) is 3.01. The van der Waals surface area contributed by atoms with E-state index in [-0.39, 0.29) is 23.5 Å². The smallest absolute Gasteiger partial charge is 0.255 e. The van der Waals surface area contributed by atoms with Gasteiger partial charge in [0.2, 0.25) is 5.95 Å². The van der Waals surface area contributed by atoms with Gasteiger partial charge in [-0.2, -0.15) is 20.1 Å². The molecule has 0 radical (unpaired) electrons. The SMILES string of the molecule is COc1ccc(-c2nc(N)nc(-n3cccn3)n2)cc1F. The lowest BCUT2D eigenvalue weighted by Gasteiger charge is -2.06. The lowest BCUT2D eigenvalue weighted by Crippen LogP contribution is -2.08. The number of methoxy groups -OCH3 is 1. The van der Waals surface area contributed by atoms with E-state index in [1.54, 1.807) is 24.5 Å². The molecule has 0 unspecified atom stereocenters. The third kappa shape index (κ3) is 2.50. The van der Waals surface area contributed by atoms with Crippen LogP contribution in [-0.2, 0) is 0 Å². The Hall–Kier alpha value is -3.03. The fraction of sp³-hybridized carbons (Fsp3) is 0.0769. The molecule has 0 aliphatic rings. The minimum absolute atomic E-state index is 0.0294. The Balaban J connectivity index is 2.08. The highest BCUT2D eigenvalue weighted by Crippen LogP contribution is 2.23. The van der Waals surface area contributed by atoms with Crippen LogP contribution in [0.15, 0.2) is 36.7 Å². The van der Waals surface area contributed by atoms with Gasteiger partial charge in [-0.05, 0) is 24.3 Å². The zero-order valence-corrected chi connectivity index (χ0v) is 11.1. The van der Waals surface area contributed by atoms with Crippen molar-refractivity contribution >= 4 is 5.95 Å². The fourth-order valence-electron chi connectivity index (χ4n) is 1.80. The highest BCUT2D eigenvalue weighted by Gasteiger charge is 2.11. The molecule has 3 aromatic rings. The summed E-state index contributed by atoms with van der Waals surface area (Å²) >= 11 is 0. The number of hydrogen-bond acceptors (Lipinski definition) is 6. The van der Waals surface area contributed by atoms with Gasteiger partial charge in [-0.15, -0.1) is 0 Å². The van der Waals surface area contributed by atoms with Crippen molar-refractivity contribution < 1.29 is 9.13 Å². The Morgan fingerprint density at radius 1 is 1.24 bits per heavy atom. The largest absolute Gasteiger partial charge is 0.494 e. The molecule has 0 fully saturated rings. The Kier molecular flexibility index (Phi) is 3.19. The Labute approximate surface area is 119 Å². The van der Waals surface area contributed by atoms with Crippen molar-refractivity contribution in [2.45, 2.75) is 0 Å². The second-order valence-electron chi connectivity index (χ2n) is 4.12. The van der Waals surface area contributed by atoms with Crippen LogP contribution in [0, 0.1) is 5.82 Å². The number of nitrogens with two attached hydrogens (primary N) is 1. The Bertz CT molecular complexity index is 774. The van der Waals surface area contributed by atoms with E-state index in [0.29, 0.717) is 5.56 Å². The van der Waals surface area contributed by atoms with E-state index in [2.05, 4.69) is 20.1 Å². The first-order valence-corrected chi connectivity index (χ1v) is 6.03. The van der Waals surface area contributed by atoms with E-state index < -0.39 is 5.82 Å². The van der Waals surface area contributed by atoms with Crippen molar-refractivity contribution in [3.8, 4) is 23.1 Å². The molecule has 2 aromatic heterocycles. The van der Waals surface area contributed by atoms with Crippen molar-refractivity contribution in [3.63, 3.8) is 0 Å². The van der Waals surface area contributed by atoms with E-state index in [0.717, 1.165) is 0 Å². The zero-order valence-electron chi connectivity index (χ0n) is 11.1. The van der Waals surface area contributed by atoms with Gasteiger partial charge in [-0.3, -0.25) is 0 Å². The van der Waals surface area contributed by atoms with Gasteiger partial charge in [-0.25, -0.2) is 9.07 Å². The number of rotatable bonds is 3. The summed E-state index contributed by atoms with van der Waals surface area (Å²) in [6.07, 6.45) is 3.26. The molecule has 7 nitrogen and oxygen atoms in total. The van der Waals surface area contributed by atoms with E-state index >= 15 is 0 Å². The number of halogens is 1. The van der Waals surface area contributed by atoms with Crippen LogP contribution in [0.4, 0.5) is 10.3 Å². The number of nitrogen functional groups attached to an aromatic ring is 1. The van der Waals surface area contributed by atoms with Crippen LogP contribution in [0.1, 0.15) is 0 Å². The summed E-state index contributed by atoms with van der Waals surface area (Å²) in [6, 6.07) is 6.15. The van der Waals surface area contributed by atoms with Gasteiger partial charge in [0.1, 0.15) is 0 Å². The summed E-state index contributed by atoms with van der Waals surface area (Å²) in [4.78, 5) is 12.2. The maximum atomic E-state index is 13.8. The third-order valence-corrected chi connectivity index (χ3v) is 2.76. The van der Waals surface area contributed by atoms with Gasteiger partial charge in [-0.1, -0.05) is 0 Å². The number of anilines is 1. The van der Waals surface area contributed by atoms with E-state index in [1.807, 2.05) is 0 Å². The topological polar surface area (TPSA) is 91.7 Å². The summed E-state index contributed by atoms with van der Waals surface area (Å²) in [5.74, 6) is 0.192. The number of aromatic nitrogens is 5. The van der Waals surface area contributed by atoms with Crippen LogP contribution >= 0.6 is 0 Å². The van der Waals surface area contributed by atoms with Crippen molar-refractivity contribution in [2.75, 3.05) is 12.8 Å².